The van der Waals surface area contributed by atoms with Gasteiger partial charge in [-0.25, -0.2) is 9.18 Å². The molecule has 0 saturated heterocycles. The zero-order chi connectivity index (χ0) is 17.4. The Morgan fingerprint density at radius 2 is 1.76 bits per heavy atom. The lowest BCUT2D eigenvalue weighted by Crippen LogP contribution is -1.97. The van der Waals surface area contributed by atoms with Crippen molar-refractivity contribution >= 4 is 16.9 Å². The van der Waals surface area contributed by atoms with Crippen LogP contribution in [-0.2, 0) is 0 Å². The van der Waals surface area contributed by atoms with E-state index < -0.39 is 5.97 Å². The van der Waals surface area contributed by atoms with Crippen LogP contribution >= 0.6 is 0 Å². The van der Waals surface area contributed by atoms with Gasteiger partial charge in [0.15, 0.2) is 0 Å². The number of H-pyrrole nitrogens is 1. The van der Waals surface area contributed by atoms with Crippen LogP contribution in [0.25, 0.3) is 33.3 Å². The molecule has 0 aliphatic carbocycles. The third kappa shape index (κ3) is 2.76. The monoisotopic (exact) mass is 332 g/mol. The van der Waals surface area contributed by atoms with E-state index in [1.54, 1.807) is 18.2 Å². The largest absolute Gasteiger partial charge is 0.478 e. The highest BCUT2D eigenvalue weighted by Crippen LogP contribution is 2.32. The van der Waals surface area contributed by atoms with E-state index in [9.17, 15) is 9.18 Å². The van der Waals surface area contributed by atoms with Crippen LogP contribution < -0.4 is 0 Å². The van der Waals surface area contributed by atoms with Gasteiger partial charge in [-0.2, -0.15) is 0 Å². The van der Waals surface area contributed by atoms with E-state index >= 15 is 0 Å². The summed E-state index contributed by atoms with van der Waals surface area (Å²) < 4.78 is 13.2. The van der Waals surface area contributed by atoms with Gasteiger partial charge in [-0.05, 0) is 42.0 Å². The Bertz CT molecular complexity index is 1080. The molecule has 0 atom stereocenters. The molecule has 2 N–H and O–H groups in total. The fourth-order valence-electron chi connectivity index (χ4n) is 2.87. The van der Waals surface area contributed by atoms with E-state index in [-0.39, 0.29) is 11.4 Å². The molecule has 2 aromatic heterocycles. The number of aromatic amines is 1. The molecule has 4 aromatic rings. The summed E-state index contributed by atoms with van der Waals surface area (Å²) in [6, 6.07) is 15.1. The fraction of sp³-hybridized carbons (Fsp3) is 0. The third-order valence-corrected chi connectivity index (χ3v) is 4.14. The molecule has 2 heterocycles. The van der Waals surface area contributed by atoms with Crippen molar-refractivity contribution in [3.05, 3.63) is 78.4 Å². The molecular weight excluding hydrogens is 319 g/mol. The minimum Gasteiger partial charge on any atom is -0.478 e. The van der Waals surface area contributed by atoms with Crippen molar-refractivity contribution in [1.82, 2.24) is 9.97 Å². The summed E-state index contributed by atoms with van der Waals surface area (Å²) in [6.45, 7) is 0. The number of fused-ring (bicyclic) bond motifs is 1. The maximum absolute atomic E-state index is 13.2. The van der Waals surface area contributed by atoms with Gasteiger partial charge in [0.2, 0.25) is 0 Å². The van der Waals surface area contributed by atoms with Crippen LogP contribution in [0.1, 0.15) is 10.4 Å². The van der Waals surface area contributed by atoms with Gasteiger partial charge in [0.05, 0.1) is 11.3 Å². The van der Waals surface area contributed by atoms with Gasteiger partial charge >= 0.3 is 5.97 Å². The topological polar surface area (TPSA) is 66.0 Å². The van der Waals surface area contributed by atoms with Crippen LogP contribution in [0.5, 0.6) is 0 Å². The zero-order valence-corrected chi connectivity index (χ0v) is 13.0. The molecule has 4 nitrogen and oxygen atoms in total. The van der Waals surface area contributed by atoms with Crippen molar-refractivity contribution in [3.8, 4) is 22.4 Å². The number of benzene rings is 2. The number of aromatic nitrogens is 2. The van der Waals surface area contributed by atoms with E-state index in [0.29, 0.717) is 5.69 Å². The van der Waals surface area contributed by atoms with Crippen molar-refractivity contribution < 1.29 is 14.3 Å². The first-order valence-corrected chi connectivity index (χ1v) is 7.68. The van der Waals surface area contributed by atoms with Crippen LogP contribution in [0.3, 0.4) is 0 Å². The van der Waals surface area contributed by atoms with Gasteiger partial charge in [-0.15, -0.1) is 0 Å². The number of hydrogen-bond acceptors (Lipinski definition) is 2. The highest BCUT2D eigenvalue weighted by molar-refractivity contribution is 5.98. The molecule has 0 bridgehead atoms. The standard InChI is InChI=1S/C20H13FN2O2/c21-15-4-1-12(2-5-15)17-11-23-18-6-3-13(9-16(17)18)19-10-14(20(24)25)7-8-22-19/h1-11,23H,(H,24,25). The number of nitrogens with zero attached hydrogens (tertiary/aromatic N) is 1. The predicted molar refractivity (Wildman–Crippen MR) is 93.9 cm³/mol. The number of aromatic carboxylic acids is 1. The van der Waals surface area contributed by atoms with Crippen LogP contribution in [0.15, 0.2) is 67.0 Å². The average molecular weight is 332 g/mol. The molecular formula is C20H13FN2O2. The normalized spacial score (nSPS) is 10.9. The molecule has 5 heteroatoms. The molecule has 0 fully saturated rings. The SMILES string of the molecule is O=C(O)c1ccnc(-c2ccc3[nH]cc(-c4ccc(F)cc4)c3c2)c1. The average Bonchev–Trinajstić information content (AvgIpc) is 3.05. The van der Waals surface area contributed by atoms with Crippen LogP contribution in [0, 0.1) is 5.82 Å². The molecule has 122 valence electrons. The fourth-order valence-corrected chi connectivity index (χ4v) is 2.87. The zero-order valence-electron chi connectivity index (χ0n) is 13.0. The van der Waals surface area contributed by atoms with Crippen molar-refractivity contribution in [3.63, 3.8) is 0 Å². The smallest absolute Gasteiger partial charge is 0.335 e. The quantitative estimate of drug-likeness (QED) is 0.570. The molecule has 0 radical (unpaired) electrons. The first-order chi connectivity index (χ1) is 12.1. The molecule has 0 aliphatic rings. The molecule has 0 saturated carbocycles. The molecule has 0 amide bonds. The van der Waals surface area contributed by atoms with Gasteiger partial charge in [0.1, 0.15) is 5.82 Å². The predicted octanol–water partition coefficient (Wildman–Crippen LogP) is 4.73. The van der Waals surface area contributed by atoms with Gasteiger partial charge in [0, 0.05) is 34.4 Å². The van der Waals surface area contributed by atoms with Crippen molar-refractivity contribution in [2.45, 2.75) is 0 Å². The summed E-state index contributed by atoms with van der Waals surface area (Å²) in [5.41, 5.74) is 4.39. The van der Waals surface area contributed by atoms with Crippen molar-refractivity contribution in [2.75, 3.05) is 0 Å². The molecule has 0 spiro atoms. The first-order valence-electron chi connectivity index (χ1n) is 7.68. The van der Waals surface area contributed by atoms with Crippen molar-refractivity contribution in [2.24, 2.45) is 0 Å². The summed E-state index contributed by atoms with van der Waals surface area (Å²) >= 11 is 0. The van der Waals surface area contributed by atoms with E-state index in [1.807, 2.05) is 24.4 Å². The summed E-state index contributed by atoms with van der Waals surface area (Å²) in [5.74, 6) is -1.27. The number of pyridine rings is 1. The number of carboxylic acids is 1. The number of carboxylic acid groups (broad SMARTS) is 1. The maximum atomic E-state index is 13.2. The second-order valence-corrected chi connectivity index (χ2v) is 5.70. The van der Waals surface area contributed by atoms with Gasteiger partial charge < -0.3 is 10.1 Å². The maximum Gasteiger partial charge on any atom is 0.335 e. The highest BCUT2D eigenvalue weighted by atomic mass is 19.1. The van der Waals surface area contributed by atoms with E-state index in [4.69, 9.17) is 5.11 Å². The summed E-state index contributed by atoms with van der Waals surface area (Å²) in [5, 5.41) is 10.1. The lowest BCUT2D eigenvalue weighted by Gasteiger charge is -2.04. The number of hydrogen-bond donors (Lipinski definition) is 2. The Kier molecular flexibility index (Phi) is 3.54. The summed E-state index contributed by atoms with van der Waals surface area (Å²) in [6.07, 6.45) is 3.36. The number of halogens is 1. The Morgan fingerprint density at radius 1 is 1.00 bits per heavy atom. The van der Waals surface area contributed by atoms with Gasteiger partial charge in [-0.1, -0.05) is 18.2 Å². The summed E-state index contributed by atoms with van der Waals surface area (Å²) in [7, 11) is 0. The minimum atomic E-state index is -0.988. The Hall–Kier alpha value is -3.47. The van der Waals surface area contributed by atoms with Gasteiger partial charge in [-0.3, -0.25) is 4.98 Å². The third-order valence-electron chi connectivity index (χ3n) is 4.14. The molecule has 2 aromatic carbocycles. The van der Waals surface area contributed by atoms with Crippen LogP contribution in [0.2, 0.25) is 0 Å². The molecule has 25 heavy (non-hydrogen) atoms. The van der Waals surface area contributed by atoms with Crippen LogP contribution in [-0.4, -0.2) is 21.0 Å². The number of carbonyl (C=O) groups is 1. The summed E-state index contributed by atoms with van der Waals surface area (Å²) in [4.78, 5) is 18.6. The van der Waals surface area contributed by atoms with Crippen LogP contribution in [0.4, 0.5) is 4.39 Å². The highest BCUT2D eigenvalue weighted by Gasteiger charge is 2.10. The van der Waals surface area contributed by atoms with E-state index in [2.05, 4.69) is 9.97 Å². The lowest BCUT2D eigenvalue weighted by molar-refractivity contribution is 0.0697. The van der Waals surface area contributed by atoms with E-state index in [0.717, 1.165) is 27.6 Å². The first kappa shape index (κ1) is 15.1. The Balaban J connectivity index is 1.85. The molecule has 0 aliphatic heterocycles. The number of rotatable bonds is 3. The second-order valence-electron chi connectivity index (χ2n) is 5.70. The number of nitrogens with one attached hydrogen (secondary N) is 1. The Labute approximate surface area is 142 Å². The lowest BCUT2D eigenvalue weighted by atomic mass is 10.0. The van der Waals surface area contributed by atoms with Crippen molar-refractivity contribution in [1.29, 1.82) is 0 Å². The second kappa shape index (κ2) is 5.87. The van der Waals surface area contributed by atoms with Gasteiger partial charge in [0.25, 0.3) is 0 Å². The Morgan fingerprint density at radius 3 is 2.52 bits per heavy atom. The molecule has 4 rings (SSSR count). The minimum absolute atomic E-state index is 0.193. The molecule has 0 unspecified atom stereocenters. The van der Waals surface area contributed by atoms with E-state index in [1.165, 1.54) is 24.4 Å².